The smallest absolute Gasteiger partial charge is 0.251 e. The molecule has 0 atom stereocenters. The number of aromatic nitrogens is 2. The van der Waals surface area contributed by atoms with Crippen LogP contribution < -0.4 is 15.4 Å². The third kappa shape index (κ3) is 5.66. The number of ether oxygens (including phenoxy) is 1. The van der Waals surface area contributed by atoms with E-state index in [0.29, 0.717) is 24.6 Å². The largest absolute Gasteiger partial charge is 0.492 e. The van der Waals surface area contributed by atoms with E-state index < -0.39 is 11.7 Å². The monoisotopic (exact) mass is 382 g/mol. The standard InChI is InChI=1S/C20H19FN4O3/c21-16-7-5-15(6-8-16)20(27)22-14-19(26)24-17-3-1-4-18(13-17)28-12-11-25-10-2-9-23-25/h1-10,13H,11-12,14H2,(H,22,27)(H,24,26). The fourth-order valence-electron chi connectivity index (χ4n) is 2.42. The van der Waals surface area contributed by atoms with Crippen LogP contribution in [-0.4, -0.2) is 34.7 Å². The van der Waals surface area contributed by atoms with Crippen LogP contribution in [0.4, 0.5) is 10.1 Å². The molecule has 1 aromatic heterocycles. The number of benzene rings is 2. The summed E-state index contributed by atoms with van der Waals surface area (Å²) in [5.41, 5.74) is 0.833. The first-order valence-corrected chi connectivity index (χ1v) is 8.64. The van der Waals surface area contributed by atoms with Gasteiger partial charge in [-0.25, -0.2) is 4.39 Å². The summed E-state index contributed by atoms with van der Waals surface area (Å²) in [4.78, 5) is 24.0. The van der Waals surface area contributed by atoms with Crippen molar-refractivity contribution >= 4 is 17.5 Å². The third-order valence-electron chi connectivity index (χ3n) is 3.78. The second-order valence-corrected chi connectivity index (χ2v) is 5.88. The lowest BCUT2D eigenvalue weighted by atomic mass is 10.2. The van der Waals surface area contributed by atoms with Gasteiger partial charge in [0.15, 0.2) is 0 Å². The maximum atomic E-state index is 12.9. The van der Waals surface area contributed by atoms with E-state index in [0.717, 1.165) is 0 Å². The normalized spacial score (nSPS) is 10.3. The first kappa shape index (κ1) is 19.1. The molecule has 1 heterocycles. The fraction of sp³-hybridized carbons (Fsp3) is 0.150. The molecule has 28 heavy (non-hydrogen) atoms. The van der Waals surface area contributed by atoms with E-state index in [9.17, 15) is 14.0 Å². The highest BCUT2D eigenvalue weighted by Gasteiger charge is 2.09. The van der Waals surface area contributed by atoms with Crippen LogP contribution in [0.1, 0.15) is 10.4 Å². The van der Waals surface area contributed by atoms with Gasteiger partial charge in [-0.15, -0.1) is 0 Å². The summed E-state index contributed by atoms with van der Waals surface area (Å²) in [7, 11) is 0. The van der Waals surface area contributed by atoms with Crippen LogP contribution in [0.5, 0.6) is 5.75 Å². The van der Waals surface area contributed by atoms with Gasteiger partial charge in [0.1, 0.15) is 18.2 Å². The van der Waals surface area contributed by atoms with E-state index in [2.05, 4.69) is 15.7 Å². The minimum atomic E-state index is -0.453. The van der Waals surface area contributed by atoms with Crippen LogP contribution in [0.25, 0.3) is 0 Å². The Morgan fingerprint density at radius 1 is 1.11 bits per heavy atom. The lowest BCUT2D eigenvalue weighted by molar-refractivity contribution is -0.115. The van der Waals surface area contributed by atoms with Crippen molar-refractivity contribution in [1.29, 1.82) is 0 Å². The van der Waals surface area contributed by atoms with Crippen LogP contribution in [0, 0.1) is 5.82 Å². The number of hydrogen-bond donors (Lipinski definition) is 2. The van der Waals surface area contributed by atoms with Crippen molar-refractivity contribution in [2.45, 2.75) is 6.54 Å². The van der Waals surface area contributed by atoms with Gasteiger partial charge in [-0.2, -0.15) is 5.10 Å². The zero-order valence-corrected chi connectivity index (χ0v) is 15.0. The molecule has 0 bridgehead atoms. The minimum absolute atomic E-state index is 0.208. The lowest BCUT2D eigenvalue weighted by Gasteiger charge is -2.10. The number of carbonyl (C=O) groups excluding carboxylic acids is 2. The Labute approximate surface area is 161 Å². The summed E-state index contributed by atoms with van der Waals surface area (Å²) in [6.07, 6.45) is 3.55. The summed E-state index contributed by atoms with van der Waals surface area (Å²) >= 11 is 0. The van der Waals surface area contributed by atoms with Crippen LogP contribution in [-0.2, 0) is 11.3 Å². The predicted molar refractivity (Wildman–Crippen MR) is 102 cm³/mol. The van der Waals surface area contributed by atoms with Crippen LogP contribution in [0.2, 0.25) is 0 Å². The summed E-state index contributed by atoms with van der Waals surface area (Å²) in [6.45, 7) is 0.840. The van der Waals surface area contributed by atoms with E-state index >= 15 is 0 Å². The molecule has 0 aliphatic carbocycles. The highest BCUT2D eigenvalue weighted by Crippen LogP contribution is 2.17. The zero-order chi connectivity index (χ0) is 19.8. The number of anilines is 1. The maximum absolute atomic E-state index is 12.9. The van der Waals surface area contributed by atoms with Crippen LogP contribution in [0.3, 0.4) is 0 Å². The van der Waals surface area contributed by atoms with E-state index in [-0.39, 0.29) is 18.0 Å². The van der Waals surface area contributed by atoms with Crippen molar-refractivity contribution < 1.29 is 18.7 Å². The minimum Gasteiger partial charge on any atom is -0.492 e. The Bertz CT molecular complexity index is 927. The number of amides is 2. The van der Waals surface area contributed by atoms with Gasteiger partial charge in [0.25, 0.3) is 5.91 Å². The van der Waals surface area contributed by atoms with Crippen LogP contribution in [0.15, 0.2) is 67.0 Å². The molecular formula is C20H19FN4O3. The molecule has 8 heteroatoms. The van der Waals surface area contributed by atoms with Gasteiger partial charge in [-0.3, -0.25) is 14.3 Å². The SMILES string of the molecule is O=C(CNC(=O)c1ccc(F)cc1)Nc1cccc(OCCn2cccn2)c1. The summed E-state index contributed by atoms with van der Waals surface area (Å²) < 4.78 is 20.3. The molecule has 2 aromatic carbocycles. The molecular weight excluding hydrogens is 363 g/mol. The molecule has 3 rings (SSSR count). The molecule has 3 aromatic rings. The Morgan fingerprint density at radius 3 is 2.68 bits per heavy atom. The molecule has 7 nitrogen and oxygen atoms in total. The van der Waals surface area contributed by atoms with E-state index in [1.165, 1.54) is 24.3 Å². The summed E-state index contributed by atoms with van der Waals surface area (Å²) in [5, 5.41) is 9.27. The van der Waals surface area contributed by atoms with Gasteiger partial charge in [0.2, 0.25) is 5.91 Å². The number of rotatable bonds is 8. The highest BCUT2D eigenvalue weighted by molar-refractivity contribution is 5.99. The predicted octanol–water partition coefficient (Wildman–Crippen LogP) is 2.47. The Balaban J connectivity index is 1.45. The first-order chi connectivity index (χ1) is 13.6. The topological polar surface area (TPSA) is 85.3 Å². The van der Waals surface area contributed by atoms with Gasteiger partial charge in [0, 0.05) is 29.7 Å². The highest BCUT2D eigenvalue weighted by atomic mass is 19.1. The molecule has 0 radical (unpaired) electrons. The number of hydrogen-bond acceptors (Lipinski definition) is 4. The Hall–Kier alpha value is -3.68. The maximum Gasteiger partial charge on any atom is 0.251 e. The summed E-state index contributed by atoms with van der Waals surface area (Å²) in [6, 6.07) is 13.9. The second-order valence-electron chi connectivity index (χ2n) is 5.88. The number of nitrogens with zero attached hydrogens (tertiary/aromatic N) is 2. The molecule has 0 aliphatic rings. The van der Waals surface area contributed by atoms with Crippen molar-refractivity contribution in [3.63, 3.8) is 0 Å². The summed E-state index contributed by atoms with van der Waals surface area (Å²) in [5.74, 6) is -0.656. The quantitative estimate of drug-likeness (QED) is 0.627. The number of nitrogens with one attached hydrogen (secondary N) is 2. The Morgan fingerprint density at radius 2 is 1.93 bits per heavy atom. The van der Waals surface area contributed by atoms with Gasteiger partial charge in [-0.1, -0.05) is 6.07 Å². The molecule has 0 saturated carbocycles. The van der Waals surface area contributed by atoms with Crippen molar-refractivity contribution in [2.75, 3.05) is 18.5 Å². The van der Waals surface area contributed by atoms with Crippen molar-refractivity contribution in [1.82, 2.24) is 15.1 Å². The van der Waals surface area contributed by atoms with E-state index in [1.54, 1.807) is 35.1 Å². The van der Waals surface area contributed by atoms with Crippen molar-refractivity contribution in [3.8, 4) is 5.75 Å². The average Bonchev–Trinajstić information content (AvgIpc) is 3.20. The second kappa shape index (κ2) is 9.31. The molecule has 144 valence electrons. The third-order valence-corrected chi connectivity index (χ3v) is 3.78. The molecule has 0 aliphatic heterocycles. The van der Waals surface area contributed by atoms with Gasteiger partial charge in [-0.05, 0) is 42.5 Å². The average molecular weight is 382 g/mol. The number of carbonyl (C=O) groups is 2. The van der Waals surface area contributed by atoms with Crippen molar-refractivity contribution in [3.05, 3.63) is 78.4 Å². The lowest BCUT2D eigenvalue weighted by Crippen LogP contribution is -2.32. The van der Waals surface area contributed by atoms with E-state index in [1.807, 2.05) is 12.3 Å². The molecule has 0 saturated heterocycles. The zero-order valence-electron chi connectivity index (χ0n) is 15.0. The molecule has 2 amide bonds. The van der Waals surface area contributed by atoms with Gasteiger partial charge >= 0.3 is 0 Å². The molecule has 0 spiro atoms. The molecule has 2 N–H and O–H groups in total. The number of halogens is 1. The molecule has 0 unspecified atom stereocenters. The first-order valence-electron chi connectivity index (χ1n) is 8.64. The van der Waals surface area contributed by atoms with Crippen LogP contribution >= 0.6 is 0 Å². The van der Waals surface area contributed by atoms with Gasteiger partial charge < -0.3 is 15.4 Å². The van der Waals surface area contributed by atoms with Gasteiger partial charge in [0.05, 0.1) is 13.1 Å². The fourth-order valence-corrected chi connectivity index (χ4v) is 2.42. The van der Waals surface area contributed by atoms with E-state index in [4.69, 9.17) is 4.74 Å². The van der Waals surface area contributed by atoms with Crippen molar-refractivity contribution in [2.24, 2.45) is 0 Å². The Kier molecular flexibility index (Phi) is 6.35. The molecule has 0 fully saturated rings.